The molecule has 0 amide bonds. The first-order valence-corrected chi connectivity index (χ1v) is 5.89. The van der Waals surface area contributed by atoms with Gasteiger partial charge in [0, 0.05) is 6.20 Å². The van der Waals surface area contributed by atoms with Gasteiger partial charge in [0.15, 0.2) is 11.6 Å². The van der Waals surface area contributed by atoms with E-state index in [4.69, 9.17) is 4.74 Å². The van der Waals surface area contributed by atoms with Crippen LogP contribution in [0.3, 0.4) is 0 Å². The monoisotopic (exact) mass is 232 g/mol. The van der Waals surface area contributed by atoms with E-state index in [0.29, 0.717) is 6.04 Å². The lowest BCUT2D eigenvalue weighted by atomic mass is 10.2. The Balaban J connectivity index is 2.12. The summed E-state index contributed by atoms with van der Waals surface area (Å²) in [6, 6.07) is 4.25. The molecule has 0 N–H and O–H groups in total. The van der Waals surface area contributed by atoms with Gasteiger partial charge in [0.1, 0.15) is 0 Å². The molecule has 1 saturated heterocycles. The average molecular weight is 232 g/mol. The number of ether oxygens (including phenoxy) is 1. The van der Waals surface area contributed by atoms with Crippen LogP contribution in [0.5, 0.6) is 5.75 Å². The molecule has 0 aliphatic carbocycles. The topological polar surface area (TPSA) is 42.7 Å². The third kappa shape index (κ3) is 1.58. The first kappa shape index (κ1) is 10.5. The minimum absolute atomic E-state index is 0.372. The third-order valence-electron chi connectivity index (χ3n) is 3.46. The fourth-order valence-corrected chi connectivity index (χ4v) is 2.53. The molecule has 17 heavy (non-hydrogen) atoms. The van der Waals surface area contributed by atoms with Crippen molar-refractivity contribution in [3.05, 3.63) is 24.2 Å². The predicted octanol–water partition coefficient (Wildman–Crippen LogP) is 1.50. The smallest absolute Gasteiger partial charge is 0.203 e. The van der Waals surface area contributed by atoms with Crippen molar-refractivity contribution < 1.29 is 4.74 Å². The van der Waals surface area contributed by atoms with Crippen molar-refractivity contribution in [2.45, 2.75) is 18.9 Å². The summed E-state index contributed by atoms with van der Waals surface area (Å²) in [4.78, 5) is 2.33. The van der Waals surface area contributed by atoms with Crippen LogP contribution < -0.4 is 4.74 Å². The van der Waals surface area contributed by atoms with Crippen LogP contribution in [0.25, 0.3) is 5.65 Å². The molecule has 3 rings (SSSR count). The van der Waals surface area contributed by atoms with Crippen LogP contribution >= 0.6 is 0 Å². The normalized spacial score (nSPS) is 21.2. The molecule has 1 unspecified atom stereocenters. The van der Waals surface area contributed by atoms with Crippen molar-refractivity contribution in [2.75, 3.05) is 20.7 Å². The summed E-state index contributed by atoms with van der Waals surface area (Å²) >= 11 is 0. The van der Waals surface area contributed by atoms with Gasteiger partial charge in [-0.2, -0.15) is 0 Å². The Morgan fingerprint density at radius 2 is 2.29 bits per heavy atom. The maximum Gasteiger partial charge on any atom is 0.203 e. The highest BCUT2D eigenvalue weighted by molar-refractivity contribution is 5.53. The number of methoxy groups -OCH3 is 1. The molecule has 1 aliphatic rings. The van der Waals surface area contributed by atoms with Crippen molar-refractivity contribution >= 4 is 5.65 Å². The summed E-state index contributed by atoms with van der Waals surface area (Å²) in [5.74, 6) is 1.78. The fraction of sp³-hybridized carbons (Fsp3) is 0.500. The Morgan fingerprint density at radius 1 is 1.41 bits per heavy atom. The van der Waals surface area contributed by atoms with Crippen LogP contribution in [0.2, 0.25) is 0 Å². The summed E-state index contributed by atoms with van der Waals surface area (Å²) < 4.78 is 7.33. The van der Waals surface area contributed by atoms with Gasteiger partial charge in [0.05, 0.1) is 13.2 Å². The SMILES string of the molecule is COc1cccn2c(C3CCCN3C)nnc12. The van der Waals surface area contributed by atoms with Gasteiger partial charge in [-0.15, -0.1) is 10.2 Å². The molecule has 2 aromatic rings. The van der Waals surface area contributed by atoms with E-state index in [1.807, 2.05) is 22.7 Å². The molecule has 3 heterocycles. The van der Waals surface area contributed by atoms with Crippen molar-refractivity contribution in [3.63, 3.8) is 0 Å². The van der Waals surface area contributed by atoms with Crippen LogP contribution in [-0.2, 0) is 0 Å². The molecule has 0 aromatic carbocycles. The van der Waals surface area contributed by atoms with E-state index in [1.54, 1.807) is 7.11 Å². The Bertz CT molecular complexity index is 536. The zero-order valence-corrected chi connectivity index (χ0v) is 10.1. The first-order chi connectivity index (χ1) is 8.31. The van der Waals surface area contributed by atoms with E-state index in [1.165, 1.54) is 6.42 Å². The molecule has 1 aliphatic heterocycles. The Hall–Kier alpha value is -1.62. The van der Waals surface area contributed by atoms with E-state index >= 15 is 0 Å². The first-order valence-electron chi connectivity index (χ1n) is 5.89. The zero-order chi connectivity index (χ0) is 11.8. The Labute approximate surface area is 100 Å². The van der Waals surface area contributed by atoms with Gasteiger partial charge in [-0.1, -0.05) is 0 Å². The van der Waals surface area contributed by atoms with Gasteiger partial charge in [-0.05, 0) is 38.6 Å². The molecular weight excluding hydrogens is 216 g/mol. The van der Waals surface area contributed by atoms with E-state index in [-0.39, 0.29) is 0 Å². The van der Waals surface area contributed by atoms with Crippen molar-refractivity contribution in [1.29, 1.82) is 0 Å². The largest absolute Gasteiger partial charge is 0.493 e. The minimum atomic E-state index is 0.372. The Kier molecular flexibility index (Phi) is 2.48. The molecule has 1 atom stereocenters. The number of fused-ring (bicyclic) bond motifs is 1. The van der Waals surface area contributed by atoms with Crippen LogP contribution in [0.15, 0.2) is 18.3 Å². The standard InChI is InChI=1S/C12H16N4O/c1-15-7-3-5-9(15)11-13-14-12-10(17-2)6-4-8-16(11)12/h4,6,8-9H,3,5,7H2,1-2H3. The second kappa shape index (κ2) is 4.00. The summed E-state index contributed by atoms with van der Waals surface area (Å²) in [6.45, 7) is 1.13. The summed E-state index contributed by atoms with van der Waals surface area (Å²) in [5.41, 5.74) is 0.797. The van der Waals surface area contributed by atoms with Crippen molar-refractivity contribution in [1.82, 2.24) is 19.5 Å². The molecule has 5 nitrogen and oxygen atoms in total. The van der Waals surface area contributed by atoms with Crippen LogP contribution in [0, 0.1) is 0 Å². The summed E-state index contributed by atoms with van der Waals surface area (Å²) in [6.07, 6.45) is 4.37. The van der Waals surface area contributed by atoms with Crippen LogP contribution in [0.4, 0.5) is 0 Å². The van der Waals surface area contributed by atoms with E-state index < -0.39 is 0 Å². The van der Waals surface area contributed by atoms with Crippen LogP contribution in [-0.4, -0.2) is 40.2 Å². The number of pyridine rings is 1. The van der Waals surface area contributed by atoms with Gasteiger partial charge in [-0.25, -0.2) is 0 Å². The number of aromatic nitrogens is 3. The lowest BCUT2D eigenvalue weighted by molar-refractivity contribution is 0.304. The number of rotatable bonds is 2. The fourth-order valence-electron chi connectivity index (χ4n) is 2.53. The van der Waals surface area contributed by atoms with Crippen molar-refractivity contribution in [2.24, 2.45) is 0 Å². The van der Waals surface area contributed by atoms with E-state index in [0.717, 1.165) is 30.2 Å². The maximum atomic E-state index is 5.29. The van der Waals surface area contributed by atoms with E-state index in [9.17, 15) is 0 Å². The highest BCUT2D eigenvalue weighted by Gasteiger charge is 2.27. The molecule has 0 bridgehead atoms. The highest BCUT2D eigenvalue weighted by Crippen LogP contribution is 2.30. The molecule has 0 radical (unpaired) electrons. The van der Waals surface area contributed by atoms with Crippen molar-refractivity contribution in [3.8, 4) is 5.75 Å². The number of hydrogen-bond acceptors (Lipinski definition) is 4. The highest BCUT2D eigenvalue weighted by atomic mass is 16.5. The molecule has 1 fully saturated rings. The van der Waals surface area contributed by atoms with E-state index in [2.05, 4.69) is 22.1 Å². The maximum absolute atomic E-state index is 5.29. The molecule has 5 heteroatoms. The second-order valence-electron chi connectivity index (χ2n) is 4.47. The van der Waals surface area contributed by atoms with Crippen LogP contribution in [0.1, 0.15) is 24.7 Å². The zero-order valence-electron chi connectivity index (χ0n) is 10.1. The number of likely N-dealkylation sites (tertiary alicyclic amines) is 1. The quantitative estimate of drug-likeness (QED) is 0.787. The van der Waals surface area contributed by atoms with Gasteiger partial charge in [0.2, 0.25) is 5.65 Å². The molecule has 0 spiro atoms. The molecular formula is C12H16N4O. The van der Waals surface area contributed by atoms with Gasteiger partial charge in [-0.3, -0.25) is 9.30 Å². The van der Waals surface area contributed by atoms with Gasteiger partial charge in [0.25, 0.3) is 0 Å². The molecule has 90 valence electrons. The number of hydrogen-bond donors (Lipinski definition) is 0. The molecule has 2 aromatic heterocycles. The summed E-state index contributed by atoms with van der Waals surface area (Å²) in [7, 11) is 3.80. The van der Waals surface area contributed by atoms with Gasteiger partial charge >= 0.3 is 0 Å². The predicted molar refractivity (Wildman–Crippen MR) is 64.1 cm³/mol. The average Bonchev–Trinajstić information content (AvgIpc) is 2.94. The summed E-state index contributed by atoms with van der Waals surface area (Å²) in [5, 5.41) is 8.56. The van der Waals surface area contributed by atoms with Gasteiger partial charge < -0.3 is 4.74 Å². The third-order valence-corrected chi connectivity index (χ3v) is 3.46. The Morgan fingerprint density at radius 3 is 3.00 bits per heavy atom. The lowest BCUT2D eigenvalue weighted by Gasteiger charge is -2.17. The lowest BCUT2D eigenvalue weighted by Crippen LogP contribution is -2.19. The minimum Gasteiger partial charge on any atom is -0.493 e. The number of nitrogens with zero attached hydrogens (tertiary/aromatic N) is 4. The second-order valence-corrected chi connectivity index (χ2v) is 4.47. The molecule has 0 saturated carbocycles.